The Hall–Kier alpha value is -4.19. The second-order valence-corrected chi connectivity index (χ2v) is 18.9. The third-order valence-corrected chi connectivity index (χ3v) is 13.0. The van der Waals surface area contributed by atoms with Gasteiger partial charge in [-0.3, -0.25) is 9.97 Å². The molecule has 2 aromatic heterocycles. The van der Waals surface area contributed by atoms with Gasteiger partial charge in [0, 0.05) is 29.1 Å². The molecule has 0 atom stereocenters. The molecule has 0 fully saturated rings. The summed E-state index contributed by atoms with van der Waals surface area (Å²) in [6.07, 6.45) is 42.2. The second kappa shape index (κ2) is 35.0. The average molecular weight is 903 g/mol. The molecule has 66 heavy (non-hydrogen) atoms. The molecule has 2 aromatic carbocycles. The number of aryl methyl sites for hydroxylation is 1. The summed E-state index contributed by atoms with van der Waals surface area (Å²) in [5.74, 6) is 1.41. The molecule has 0 spiro atoms. The maximum absolute atomic E-state index is 12.7. The van der Waals surface area contributed by atoms with Crippen molar-refractivity contribution in [1.82, 2.24) is 9.97 Å². The Bertz CT molecular complexity index is 1840. The first kappa shape index (κ1) is 54.4. The van der Waals surface area contributed by atoms with Crippen LogP contribution < -0.4 is 9.47 Å². The molecular formula is C60H90N2O4. The van der Waals surface area contributed by atoms with Gasteiger partial charge in [0.25, 0.3) is 0 Å². The van der Waals surface area contributed by atoms with Gasteiger partial charge >= 0.3 is 5.97 Å². The van der Waals surface area contributed by atoms with E-state index in [1.165, 1.54) is 167 Å². The SMILES string of the molecule is CCCCCCCCCCCCOC(=O)c1ccc(-c2cccc(-c3ccc(-c4cc(C)c(OCCCCCCCCCCCC)c(OCCCCCCCCCCCC)c4)cn3)c2)nc1. The van der Waals surface area contributed by atoms with Crippen LogP contribution in [0.15, 0.2) is 73.1 Å². The number of carbonyl (C=O) groups excluding carboxylic acids is 1. The first-order valence-electron chi connectivity index (χ1n) is 27.1. The van der Waals surface area contributed by atoms with Gasteiger partial charge in [-0.25, -0.2) is 4.79 Å². The molecule has 0 N–H and O–H groups in total. The van der Waals surface area contributed by atoms with Gasteiger partial charge in [-0.2, -0.15) is 0 Å². The maximum atomic E-state index is 12.7. The molecule has 4 aromatic rings. The van der Waals surface area contributed by atoms with Crippen LogP contribution >= 0.6 is 0 Å². The van der Waals surface area contributed by atoms with E-state index < -0.39 is 0 Å². The van der Waals surface area contributed by atoms with Crippen molar-refractivity contribution in [3.63, 3.8) is 0 Å². The molecule has 0 unspecified atom stereocenters. The van der Waals surface area contributed by atoms with Gasteiger partial charge in [0.2, 0.25) is 0 Å². The fraction of sp³-hybridized carbons (Fsp3) is 0.617. The van der Waals surface area contributed by atoms with Crippen LogP contribution in [0.25, 0.3) is 33.6 Å². The van der Waals surface area contributed by atoms with Crippen molar-refractivity contribution in [3.8, 4) is 45.1 Å². The number of benzene rings is 2. The highest BCUT2D eigenvalue weighted by Gasteiger charge is 2.15. The van der Waals surface area contributed by atoms with E-state index in [4.69, 9.17) is 19.2 Å². The Morgan fingerprint density at radius 2 is 0.864 bits per heavy atom. The topological polar surface area (TPSA) is 70.5 Å². The number of rotatable bonds is 39. The first-order valence-corrected chi connectivity index (χ1v) is 27.1. The van der Waals surface area contributed by atoms with E-state index in [2.05, 4.69) is 69.1 Å². The molecule has 6 heteroatoms. The third-order valence-electron chi connectivity index (χ3n) is 13.0. The number of hydrogen-bond donors (Lipinski definition) is 0. The minimum atomic E-state index is -0.308. The zero-order chi connectivity index (χ0) is 46.7. The highest BCUT2D eigenvalue weighted by atomic mass is 16.5. The minimum absolute atomic E-state index is 0.308. The smallest absolute Gasteiger partial charge is 0.339 e. The number of aromatic nitrogens is 2. The number of hydrogen-bond acceptors (Lipinski definition) is 6. The summed E-state index contributed by atoms with van der Waals surface area (Å²) < 4.78 is 18.6. The maximum Gasteiger partial charge on any atom is 0.339 e. The quantitative estimate of drug-likeness (QED) is 0.0328. The largest absolute Gasteiger partial charge is 0.490 e. The van der Waals surface area contributed by atoms with Gasteiger partial charge in [0.15, 0.2) is 11.5 Å². The third kappa shape index (κ3) is 22.1. The predicted octanol–water partition coefficient (Wildman–Crippen LogP) is 18.5. The zero-order valence-electron chi connectivity index (χ0n) is 42.3. The van der Waals surface area contributed by atoms with Crippen molar-refractivity contribution in [3.05, 3.63) is 84.2 Å². The molecule has 0 saturated heterocycles. The molecule has 6 nitrogen and oxygen atoms in total. The van der Waals surface area contributed by atoms with Crippen LogP contribution in [-0.2, 0) is 4.74 Å². The van der Waals surface area contributed by atoms with E-state index >= 15 is 0 Å². The van der Waals surface area contributed by atoms with E-state index in [0.717, 1.165) is 76.4 Å². The zero-order valence-corrected chi connectivity index (χ0v) is 42.3. The first-order chi connectivity index (χ1) is 32.5. The summed E-state index contributed by atoms with van der Waals surface area (Å²) in [7, 11) is 0. The predicted molar refractivity (Wildman–Crippen MR) is 280 cm³/mol. The van der Waals surface area contributed by atoms with Crippen LogP contribution in [0.2, 0.25) is 0 Å². The monoisotopic (exact) mass is 903 g/mol. The van der Waals surface area contributed by atoms with E-state index in [1.807, 2.05) is 30.5 Å². The van der Waals surface area contributed by atoms with Gasteiger partial charge < -0.3 is 14.2 Å². The van der Waals surface area contributed by atoms with E-state index in [0.29, 0.717) is 25.4 Å². The summed E-state index contributed by atoms with van der Waals surface area (Å²) >= 11 is 0. The average Bonchev–Trinajstić information content (AvgIpc) is 3.34. The van der Waals surface area contributed by atoms with Crippen molar-refractivity contribution in [2.45, 2.75) is 220 Å². The lowest BCUT2D eigenvalue weighted by molar-refractivity contribution is 0.0497. The molecule has 364 valence electrons. The number of pyridine rings is 2. The Balaban J connectivity index is 1.30. The summed E-state index contributed by atoms with van der Waals surface area (Å²) in [5, 5.41) is 0. The Kier molecular flexibility index (Phi) is 28.9. The highest BCUT2D eigenvalue weighted by Crippen LogP contribution is 2.37. The highest BCUT2D eigenvalue weighted by molar-refractivity contribution is 5.89. The number of ether oxygens (including phenoxy) is 3. The number of nitrogens with zero attached hydrogens (tertiary/aromatic N) is 2. The minimum Gasteiger partial charge on any atom is -0.490 e. The molecule has 0 saturated carbocycles. The van der Waals surface area contributed by atoms with Gasteiger partial charge in [-0.15, -0.1) is 0 Å². The molecule has 0 radical (unpaired) electrons. The Morgan fingerprint density at radius 1 is 0.424 bits per heavy atom. The molecular weight excluding hydrogens is 813 g/mol. The van der Waals surface area contributed by atoms with Gasteiger partial charge in [-0.1, -0.05) is 218 Å². The molecule has 4 rings (SSSR count). The van der Waals surface area contributed by atoms with E-state index in [-0.39, 0.29) is 5.97 Å². The summed E-state index contributed by atoms with van der Waals surface area (Å²) in [6, 6.07) is 20.6. The van der Waals surface area contributed by atoms with Gasteiger partial charge in [-0.05, 0) is 73.7 Å². The van der Waals surface area contributed by atoms with E-state index in [1.54, 1.807) is 6.20 Å². The standard InChI is InChI=1S/C60H90N2O4/c1-5-8-11-14-17-20-23-26-29-32-42-64-58-47-55(45-50(4)59(58)65-43-33-30-27-24-21-18-15-12-9-6-2)53-38-40-56(61-48-53)51-36-35-37-52(46-51)57-41-39-54(49-62-57)60(63)66-44-34-31-28-25-22-19-16-13-10-7-3/h35-41,45-49H,5-34,42-44H2,1-4H3. The van der Waals surface area contributed by atoms with Crippen molar-refractivity contribution in [2.75, 3.05) is 19.8 Å². The Morgan fingerprint density at radius 3 is 1.32 bits per heavy atom. The van der Waals surface area contributed by atoms with Crippen LogP contribution in [0.1, 0.15) is 229 Å². The van der Waals surface area contributed by atoms with Crippen LogP contribution in [-0.4, -0.2) is 35.8 Å². The van der Waals surface area contributed by atoms with Crippen LogP contribution in [0.4, 0.5) is 0 Å². The van der Waals surface area contributed by atoms with Crippen LogP contribution in [0, 0.1) is 6.92 Å². The lowest BCUT2D eigenvalue weighted by Gasteiger charge is -2.17. The molecule has 0 bridgehead atoms. The number of esters is 1. The van der Waals surface area contributed by atoms with Crippen LogP contribution in [0.3, 0.4) is 0 Å². The lowest BCUT2D eigenvalue weighted by Crippen LogP contribution is -2.07. The normalized spacial score (nSPS) is 11.3. The Labute approximate surface area is 402 Å². The lowest BCUT2D eigenvalue weighted by atomic mass is 10.0. The summed E-state index contributed by atoms with van der Waals surface area (Å²) in [5.41, 5.74) is 7.36. The molecule has 0 aliphatic carbocycles. The summed E-state index contributed by atoms with van der Waals surface area (Å²) in [6.45, 7) is 10.8. The van der Waals surface area contributed by atoms with Crippen molar-refractivity contribution in [2.24, 2.45) is 0 Å². The molecule has 2 heterocycles. The fourth-order valence-electron chi connectivity index (χ4n) is 8.83. The van der Waals surface area contributed by atoms with Crippen molar-refractivity contribution < 1.29 is 19.0 Å². The van der Waals surface area contributed by atoms with E-state index in [9.17, 15) is 4.79 Å². The molecule has 0 amide bonds. The number of carbonyl (C=O) groups is 1. The van der Waals surface area contributed by atoms with Crippen LogP contribution in [0.5, 0.6) is 11.5 Å². The van der Waals surface area contributed by atoms with Gasteiger partial charge in [0.1, 0.15) is 0 Å². The second-order valence-electron chi connectivity index (χ2n) is 18.9. The fourth-order valence-corrected chi connectivity index (χ4v) is 8.83. The molecule has 0 aliphatic heterocycles. The molecule has 0 aliphatic rings. The number of unbranched alkanes of at least 4 members (excludes halogenated alkanes) is 27. The van der Waals surface area contributed by atoms with Gasteiger partial charge in [0.05, 0.1) is 36.8 Å². The van der Waals surface area contributed by atoms with Crippen molar-refractivity contribution >= 4 is 5.97 Å². The van der Waals surface area contributed by atoms with Crippen molar-refractivity contribution in [1.29, 1.82) is 0 Å². The summed E-state index contributed by atoms with van der Waals surface area (Å²) in [4.78, 5) is 22.3.